The van der Waals surface area contributed by atoms with Gasteiger partial charge in [-0.25, -0.2) is 0 Å². The van der Waals surface area contributed by atoms with E-state index in [1.165, 1.54) is 25.0 Å². The van der Waals surface area contributed by atoms with Gasteiger partial charge in [-0.2, -0.15) is 5.10 Å². The first-order valence-corrected chi connectivity index (χ1v) is 6.52. The van der Waals surface area contributed by atoms with Gasteiger partial charge in [0.05, 0.1) is 11.7 Å². The maximum atomic E-state index is 4.38. The third-order valence-corrected chi connectivity index (χ3v) is 4.43. The van der Waals surface area contributed by atoms with Gasteiger partial charge in [-0.1, -0.05) is 0 Å². The predicted octanol–water partition coefficient (Wildman–Crippen LogP) is 2.21. The first kappa shape index (κ1) is 10.3. The van der Waals surface area contributed by atoms with Crippen LogP contribution in [0.3, 0.4) is 0 Å². The average molecular weight is 219 g/mol. The van der Waals surface area contributed by atoms with Crippen LogP contribution in [-0.2, 0) is 6.54 Å². The predicted molar refractivity (Wildman–Crippen MR) is 64.0 cm³/mol. The molecule has 0 spiro atoms. The van der Waals surface area contributed by atoms with Crippen LogP contribution in [0, 0.1) is 17.8 Å². The molecule has 2 saturated carbocycles. The van der Waals surface area contributed by atoms with Gasteiger partial charge in [0.25, 0.3) is 0 Å². The maximum Gasteiger partial charge on any atom is 0.0556 e. The summed E-state index contributed by atoms with van der Waals surface area (Å²) in [7, 11) is 2.08. The van der Waals surface area contributed by atoms with E-state index >= 15 is 0 Å². The molecule has 1 N–H and O–H groups in total. The van der Waals surface area contributed by atoms with E-state index < -0.39 is 0 Å². The molecule has 3 nitrogen and oxygen atoms in total. The molecule has 0 amide bonds. The van der Waals surface area contributed by atoms with E-state index in [-0.39, 0.29) is 0 Å². The Labute approximate surface area is 97.2 Å². The van der Waals surface area contributed by atoms with Crippen LogP contribution in [0.2, 0.25) is 0 Å². The van der Waals surface area contributed by atoms with E-state index in [9.17, 15) is 0 Å². The van der Waals surface area contributed by atoms with Crippen molar-refractivity contribution in [2.75, 3.05) is 7.05 Å². The summed E-state index contributed by atoms with van der Waals surface area (Å²) in [5.74, 6) is 2.94. The Morgan fingerprint density at radius 1 is 1.44 bits per heavy atom. The van der Waals surface area contributed by atoms with Crippen molar-refractivity contribution in [1.29, 1.82) is 0 Å². The van der Waals surface area contributed by atoms with Crippen LogP contribution in [0.5, 0.6) is 0 Å². The molecule has 2 aliphatic rings. The SMILES string of the molecule is CCn1nccc1C(NC)C1CC2CC2C1. The van der Waals surface area contributed by atoms with Gasteiger partial charge < -0.3 is 5.32 Å². The highest BCUT2D eigenvalue weighted by Gasteiger charge is 2.48. The second-order valence-corrected chi connectivity index (χ2v) is 5.33. The van der Waals surface area contributed by atoms with Crippen molar-refractivity contribution in [3.8, 4) is 0 Å². The Balaban J connectivity index is 1.79. The Hall–Kier alpha value is -0.830. The van der Waals surface area contributed by atoms with E-state index in [1.54, 1.807) is 0 Å². The maximum absolute atomic E-state index is 4.38. The topological polar surface area (TPSA) is 29.9 Å². The summed E-state index contributed by atoms with van der Waals surface area (Å²) in [5.41, 5.74) is 1.37. The molecule has 2 aliphatic carbocycles. The summed E-state index contributed by atoms with van der Waals surface area (Å²) < 4.78 is 2.13. The van der Waals surface area contributed by atoms with Crippen molar-refractivity contribution in [1.82, 2.24) is 15.1 Å². The molecule has 1 aromatic rings. The largest absolute Gasteiger partial charge is 0.311 e. The molecule has 2 fully saturated rings. The number of nitrogens with zero attached hydrogens (tertiary/aromatic N) is 2. The van der Waals surface area contributed by atoms with Crippen molar-refractivity contribution >= 4 is 0 Å². The number of hydrogen-bond acceptors (Lipinski definition) is 2. The second kappa shape index (κ2) is 3.88. The fraction of sp³-hybridized carbons (Fsp3) is 0.769. The van der Waals surface area contributed by atoms with Crippen molar-refractivity contribution in [3.63, 3.8) is 0 Å². The van der Waals surface area contributed by atoms with Crippen LogP contribution in [-0.4, -0.2) is 16.8 Å². The van der Waals surface area contributed by atoms with Crippen molar-refractivity contribution in [2.24, 2.45) is 17.8 Å². The Bertz CT molecular complexity index is 361. The smallest absolute Gasteiger partial charge is 0.0556 e. The van der Waals surface area contributed by atoms with Gasteiger partial charge in [-0.15, -0.1) is 0 Å². The van der Waals surface area contributed by atoms with Crippen LogP contribution >= 0.6 is 0 Å². The monoisotopic (exact) mass is 219 g/mol. The van der Waals surface area contributed by atoms with Crippen molar-refractivity contribution in [2.45, 2.75) is 38.8 Å². The molecule has 16 heavy (non-hydrogen) atoms. The van der Waals surface area contributed by atoms with Crippen LogP contribution in [0.25, 0.3) is 0 Å². The van der Waals surface area contributed by atoms with Crippen molar-refractivity contribution < 1.29 is 0 Å². The molecule has 88 valence electrons. The average Bonchev–Trinajstić information content (AvgIpc) is 2.76. The minimum Gasteiger partial charge on any atom is -0.311 e. The third kappa shape index (κ3) is 1.58. The first-order chi connectivity index (χ1) is 7.83. The Morgan fingerprint density at radius 3 is 2.81 bits per heavy atom. The molecular weight excluding hydrogens is 198 g/mol. The zero-order valence-corrected chi connectivity index (χ0v) is 10.2. The minimum absolute atomic E-state index is 0.509. The molecule has 0 bridgehead atoms. The molecule has 0 saturated heterocycles. The van der Waals surface area contributed by atoms with Crippen LogP contribution in [0.15, 0.2) is 12.3 Å². The molecular formula is C13H21N3. The second-order valence-electron chi connectivity index (χ2n) is 5.33. The normalized spacial score (nSPS) is 33.8. The number of nitrogens with one attached hydrogen (secondary N) is 1. The summed E-state index contributed by atoms with van der Waals surface area (Å²) in [6, 6.07) is 2.68. The third-order valence-electron chi connectivity index (χ3n) is 4.43. The fourth-order valence-electron chi connectivity index (χ4n) is 3.53. The minimum atomic E-state index is 0.509. The number of aryl methyl sites for hydroxylation is 1. The number of hydrogen-bond donors (Lipinski definition) is 1. The number of aromatic nitrogens is 2. The molecule has 3 unspecified atom stereocenters. The van der Waals surface area contributed by atoms with Crippen LogP contribution in [0.4, 0.5) is 0 Å². The molecule has 3 heteroatoms. The summed E-state index contributed by atoms with van der Waals surface area (Å²) >= 11 is 0. The highest BCUT2D eigenvalue weighted by molar-refractivity contribution is 5.11. The van der Waals surface area contributed by atoms with E-state index in [0.717, 1.165) is 24.3 Å². The lowest BCUT2D eigenvalue weighted by atomic mass is 9.92. The summed E-state index contributed by atoms with van der Waals surface area (Å²) in [6.07, 6.45) is 6.27. The van der Waals surface area contributed by atoms with Gasteiger partial charge in [0.1, 0.15) is 0 Å². The molecule has 0 aromatic carbocycles. The Morgan fingerprint density at radius 2 is 2.19 bits per heavy atom. The zero-order valence-electron chi connectivity index (χ0n) is 10.2. The number of fused-ring (bicyclic) bond motifs is 1. The molecule has 3 rings (SSSR count). The standard InChI is InChI=1S/C13H21N3/c1-3-16-12(4-5-15-16)13(14-2)11-7-9-6-10(9)8-11/h4-5,9-11,13-14H,3,6-8H2,1-2H3. The van der Waals surface area contributed by atoms with Gasteiger partial charge in [0.2, 0.25) is 0 Å². The van der Waals surface area contributed by atoms with Crippen LogP contribution < -0.4 is 5.32 Å². The first-order valence-electron chi connectivity index (χ1n) is 6.52. The lowest BCUT2D eigenvalue weighted by Gasteiger charge is -2.25. The van der Waals surface area contributed by atoms with Gasteiger partial charge >= 0.3 is 0 Å². The molecule has 3 atom stereocenters. The highest BCUT2D eigenvalue weighted by Crippen LogP contribution is 2.57. The molecule has 1 aromatic heterocycles. The van der Waals surface area contributed by atoms with Gasteiger partial charge in [-0.3, -0.25) is 4.68 Å². The summed E-state index contributed by atoms with van der Waals surface area (Å²) in [6.45, 7) is 3.13. The summed E-state index contributed by atoms with van der Waals surface area (Å²) in [5, 5.41) is 7.88. The quantitative estimate of drug-likeness (QED) is 0.841. The highest BCUT2D eigenvalue weighted by atomic mass is 15.3. The van der Waals surface area contributed by atoms with E-state index in [1.807, 2.05) is 6.20 Å². The van der Waals surface area contributed by atoms with Crippen LogP contribution in [0.1, 0.15) is 37.9 Å². The summed E-state index contributed by atoms with van der Waals surface area (Å²) in [4.78, 5) is 0. The lowest BCUT2D eigenvalue weighted by Crippen LogP contribution is -2.27. The van der Waals surface area contributed by atoms with Gasteiger partial charge in [-0.05, 0) is 57.1 Å². The van der Waals surface area contributed by atoms with E-state index in [2.05, 4.69) is 35.1 Å². The van der Waals surface area contributed by atoms with Crippen molar-refractivity contribution in [3.05, 3.63) is 18.0 Å². The van der Waals surface area contributed by atoms with Gasteiger partial charge in [0, 0.05) is 12.7 Å². The van der Waals surface area contributed by atoms with E-state index in [0.29, 0.717) is 6.04 Å². The fourth-order valence-corrected chi connectivity index (χ4v) is 3.53. The molecule has 1 heterocycles. The number of rotatable bonds is 4. The molecule has 0 radical (unpaired) electrons. The van der Waals surface area contributed by atoms with Gasteiger partial charge in [0.15, 0.2) is 0 Å². The zero-order chi connectivity index (χ0) is 11.1. The molecule has 0 aliphatic heterocycles. The Kier molecular flexibility index (Phi) is 2.51. The van der Waals surface area contributed by atoms with E-state index in [4.69, 9.17) is 0 Å². The lowest BCUT2D eigenvalue weighted by molar-refractivity contribution is 0.340.